The van der Waals surface area contributed by atoms with Crippen LogP contribution in [0, 0.1) is 11.3 Å². The number of thioether (sulfide) groups is 1. The average molecular weight is 209 g/mol. The summed E-state index contributed by atoms with van der Waals surface area (Å²) in [5.74, 6) is 0. The smallest absolute Gasteiger partial charge is 0.158 e. The van der Waals surface area contributed by atoms with Crippen molar-refractivity contribution in [3.8, 4) is 6.07 Å². The molecule has 0 aliphatic heterocycles. The predicted octanol–water partition coefficient (Wildman–Crippen LogP) is 1.21. The number of hydrogen-bond acceptors (Lipinski definition) is 5. The maximum Gasteiger partial charge on any atom is 0.158 e. The Morgan fingerprint density at radius 2 is 2.21 bits per heavy atom. The zero-order valence-corrected chi connectivity index (χ0v) is 8.88. The molecular weight excluding hydrogens is 198 g/mol. The second-order valence-corrected chi connectivity index (χ2v) is 5.10. The van der Waals surface area contributed by atoms with Crippen molar-refractivity contribution in [3.63, 3.8) is 0 Å². The summed E-state index contributed by atoms with van der Waals surface area (Å²) in [7, 11) is 0. The highest BCUT2D eigenvalue weighted by Crippen LogP contribution is 2.29. The summed E-state index contributed by atoms with van der Waals surface area (Å²) >= 11 is 1.43. The first-order chi connectivity index (χ1) is 6.57. The number of aliphatic hydroxyl groups excluding tert-OH is 1. The van der Waals surface area contributed by atoms with Crippen molar-refractivity contribution in [3.05, 3.63) is 18.1 Å². The molecule has 0 aliphatic carbocycles. The Labute approximate surface area is 87.0 Å². The van der Waals surface area contributed by atoms with Gasteiger partial charge in [-0.1, -0.05) is 11.8 Å². The van der Waals surface area contributed by atoms with Crippen LogP contribution in [0.15, 0.2) is 17.4 Å². The lowest BCUT2D eigenvalue weighted by Crippen LogP contribution is -2.19. The Morgan fingerprint density at radius 3 is 2.64 bits per heavy atom. The van der Waals surface area contributed by atoms with E-state index in [1.807, 2.05) is 19.9 Å². The van der Waals surface area contributed by atoms with Crippen LogP contribution in [-0.2, 0) is 0 Å². The molecule has 1 heterocycles. The number of rotatable bonds is 3. The van der Waals surface area contributed by atoms with Gasteiger partial charge in [0.25, 0.3) is 0 Å². The second kappa shape index (κ2) is 4.40. The van der Waals surface area contributed by atoms with Gasteiger partial charge in [0.1, 0.15) is 11.1 Å². The summed E-state index contributed by atoms with van der Waals surface area (Å²) in [6.45, 7) is 3.90. The molecule has 1 aromatic heterocycles. The summed E-state index contributed by atoms with van der Waals surface area (Å²) in [6.07, 6.45) is 2.97. The summed E-state index contributed by atoms with van der Waals surface area (Å²) in [4.78, 5) is 7.94. The molecule has 0 unspecified atom stereocenters. The van der Waals surface area contributed by atoms with E-state index < -0.39 is 0 Å². The monoisotopic (exact) mass is 209 g/mol. The molecule has 0 fully saturated rings. The molecule has 4 nitrogen and oxygen atoms in total. The quantitative estimate of drug-likeness (QED) is 0.758. The van der Waals surface area contributed by atoms with Gasteiger partial charge in [0.15, 0.2) is 5.69 Å². The summed E-state index contributed by atoms with van der Waals surface area (Å²) < 4.78 is -0.275. The third kappa shape index (κ3) is 2.98. The lowest BCUT2D eigenvalue weighted by molar-refractivity contribution is 0.265. The molecule has 0 aromatic carbocycles. The van der Waals surface area contributed by atoms with Crippen LogP contribution in [0.3, 0.4) is 0 Å². The molecule has 74 valence electrons. The van der Waals surface area contributed by atoms with Crippen LogP contribution in [0.25, 0.3) is 0 Å². The fourth-order valence-corrected chi connectivity index (χ4v) is 1.58. The van der Waals surface area contributed by atoms with E-state index in [9.17, 15) is 0 Å². The van der Waals surface area contributed by atoms with Crippen molar-refractivity contribution in [2.45, 2.75) is 23.6 Å². The van der Waals surface area contributed by atoms with Crippen LogP contribution >= 0.6 is 11.8 Å². The first-order valence-electron chi connectivity index (χ1n) is 4.09. The van der Waals surface area contributed by atoms with E-state index in [1.54, 1.807) is 6.20 Å². The van der Waals surface area contributed by atoms with E-state index in [-0.39, 0.29) is 11.4 Å². The van der Waals surface area contributed by atoms with Gasteiger partial charge in [0.05, 0.1) is 19.0 Å². The van der Waals surface area contributed by atoms with Gasteiger partial charge in [-0.3, -0.25) is 0 Å². The van der Waals surface area contributed by atoms with E-state index in [0.717, 1.165) is 0 Å². The number of aromatic nitrogens is 2. The van der Waals surface area contributed by atoms with Crippen molar-refractivity contribution < 1.29 is 5.11 Å². The van der Waals surface area contributed by atoms with E-state index in [2.05, 4.69) is 9.97 Å². The van der Waals surface area contributed by atoms with Crippen molar-refractivity contribution in [1.29, 1.82) is 5.26 Å². The third-order valence-corrected chi connectivity index (χ3v) is 2.61. The third-order valence-electron chi connectivity index (χ3n) is 1.50. The highest BCUT2D eigenvalue weighted by molar-refractivity contribution is 8.00. The van der Waals surface area contributed by atoms with Gasteiger partial charge in [-0.25, -0.2) is 9.97 Å². The Hall–Kier alpha value is -1.12. The lowest BCUT2D eigenvalue weighted by atomic mass is 10.2. The second-order valence-electron chi connectivity index (χ2n) is 3.37. The van der Waals surface area contributed by atoms with Crippen LogP contribution in [0.5, 0.6) is 0 Å². The first-order valence-corrected chi connectivity index (χ1v) is 4.91. The maximum atomic E-state index is 9.03. The molecule has 14 heavy (non-hydrogen) atoms. The molecule has 1 N–H and O–H groups in total. The average Bonchev–Trinajstić information content (AvgIpc) is 2.19. The van der Waals surface area contributed by atoms with Crippen LogP contribution in [0.1, 0.15) is 19.5 Å². The predicted molar refractivity (Wildman–Crippen MR) is 53.8 cm³/mol. The largest absolute Gasteiger partial charge is 0.395 e. The van der Waals surface area contributed by atoms with Gasteiger partial charge in [-0.2, -0.15) is 5.26 Å². The number of hydrogen-bond donors (Lipinski definition) is 1. The molecule has 0 atom stereocenters. The SMILES string of the molecule is CC(C)(CO)Sc1cnc(C#N)cn1. The standard InChI is InChI=1S/C9H11N3OS/c1-9(2,6-13)14-8-5-11-7(3-10)4-12-8/h4-5,13H,6H2,1-2H3. The Bertz CT molecular complexity index is 342. The van der Waals surface area contributed by atoms with Crippen molar-refractivity contribution in [1.82, 2.24) is 9.97 Å². The summed E-state index contributed by atoms with van der Waals surface area (Å²) in [5.41, 5.74) is 0.302. The molecular formula is C9H11N3OS. The molecule has 0 aliphatic rings. The minimum absolute atomic E-state index is 0.0688. The fraction of sp³-hybridized carbons (Fsp3) is 0.444. The van der Waals surface area contributed by atoms with Gasteiger partial charge in [0.2, 0.25) is 0 Å². The van der Waals surface area contributed by atoms with Crippen LogP contribution in [0.4, 0.5) is 0 Å². The van der Waals surface area contributed by atoms with Crippen LogP contribution in [0.2, 0.25) is 0 Å². The number of nitrogens with zero attached hydrogens (tertiary/aromatic N) is 3. The zero-order chi connectivity index (χ0) is 10.6. The Morgan fingerprint density at radius 1 is 1.50 bits per heavy atom. The summed E-state index contributed by atoms with van der Waals surface area (Å²) in [6, 6.07) is 1.90. The van der Waals surface area contributed by atoms with Crippen molar-refractivity contribution >= 4 is 11.8 Å². The molecule has 0 amide bonds. The van der Waals surface area contributed by atoms with E-state index in [1.165, 1.54) is 18.0 Å². The molecule has 0 spiro atoms. The first kappa shape index (κ1) is 11.0. The van der Waals surface area contributed by atoms with E-state index >= 15 is 0 Å². The number of nitriles is 1. The molecule has 0 saturated heterocycles. The van der Waals surface area contributed by atoms with Crippen LogP contribution in [-0.4, -0.2) is 26.4 Å². The van der Waals surface area contributed by atoms with Gasteiger partial charge in [-0.15, -0.1) is 0 Å². The van der Waals surface area contributed by atoms with E-state index in [4.69, 9.17) is 10.4 Å². The zero-order valence-electron chi connectivity index (χ0n) is 8.06. The normalized spacial score (nSPS) is 11.0. The highest BCUT2D eigenvalue weighted by Gasteiger charge is 2.18. The summed E-state index contributed by atoms with van der Waals surface area (Å²) in [5, 5.41) is 18.3. The van der Waals surface area contributed by atoms with Crippen molar-refractivity contribution in [2.24, 2.45) is 0 Å². The molecule has 0 radical (unpaired) electrons. The van der Waals surface area contributed by atoms with E-state index in [0.29, 0.717) is 10.7 Å². The molecule has 0 saturated carbocycles. The Kier molecular flexibility index (Phi) is 3.44. The van der Waals surface area contributed by atoms with Crippen LogP contribution < -0.4 is 0 Å². The molecule has 5 heteroatoms. The molecule has 0 bridgehead atoms. The lowest BCUT2D eigenvalue weighted by Gasteiger charge is -2.19. The minimum atomic E-state index is -0.275. The fourth-order valence-electron chi connectivity index (χ4n) is 0.742. The van der Waals surface area contributed by atoms with Gasteiger partial charge in [0, 0.05) is 4.75 Å². The molecule has 1 rings (SSSR count). The van der Waals surface area contributed by atoms with Gasteiger partial charge < -0.3 is 5.11 Å². The number of aliphatic hydroxyl groups is 1. The van der Waals surface area contributed by atoms with Gasteiger partial charge >= 0.3 is 0 Å². The topological polar surface area (TPSA) is 69.8 Å². The maximum absolute atomic E-state index is 9.03. The molecule has 1 aromatic rings. The van der Waals surface area contributed by atoms with Gasteiger partial charge in [-0.05, 0) is 13.8 Å². The minimum Gasteiger partial charge on any atom is -0.395 e. The van der Waals surface area contributed by atoms with Crippen molar-refractivity contribution in [2.75, 3.05) is 6.61 Å². The highest BCUT2D eigenvalue weighted by atomic mass is 32.2. The Balaban J connectivity index is 2.75.